The summed E-state index contributed by atoms with van der Waals surface area (Å²) in [6, 6.07) is 0. The molecule has 2 heterocycles. The summed E-state index contributed by atoms with van der Waals surface area (Å²) in [6.45, 7) is 2.01. The van der Waals surface area contributed by atoms with E-state index in [1.165, 1.54) is 0 Å². The smallest absolute Gasteiger partial charge is 0.309 e. The molecule has 4 nitrogen and oxygen atoms in total. The summed E-state index contributed by atoms with van der Waals surface area (Å²) in [7, 11) is 0. The number of carboxylic acids is 1. The van der Waals surface area contributed by atoms with Gasteiger partial charge in [0.25, 0.3) is 0 Å². The molecule has 0 aliphatic carbocycles. The fourth-order valence-electron chi connectivity index (χ4n) is 1.61. The van der Waals surface area contributed by atoms with Crippen molar-refractivity contribution in [3.05, 3.63) is 16.1 Å². The van der Waals surface area contributed by atoms with Gasteiger partial charge in [-0.2, -0.15) is 0 Å². The van der Waals surface area contributed by atoms with Gasteiger partial charge in [0.05, 0.1) is 17.1 Å². The van der Waals surface area contributed by atoms with E-state index in [4.69, 9.17) is 5.11 Å². The molecule has 2 rings (SSSR count). The summed E-state index contributed by atoms with van der Waals surface area (Å²) in [5.41, 5.74) is 0.685. The summed E-state index contributed by atoms with van der Waals surface area (Å²) in [5, 5.41) is 14.8. The van der Waals surface area contributed by atoms with Crippen molar-refractivity contribution >= 4 is 17.3 Å². The number of hydrogen-bond acceptors (Lipinski definition) is 4. The van der Waals surface area contributed by atoms with Gasteiger partial charge < -0.3 is 10.4 Å². The van der Waals surface area contributed by atoms with Gasteiger partial charge in [-0.05, 0) is 13.0 Å². The van der Waals surface area contributed by atoms with Crippen LogP contribution in [0.5, 0.6) is 0 Å². The third-order valence-electron chi connectivity index (χ3n) is 2.31. The first-order valence-corrected chi connectivity index (χ1v) is 5.50. The average molecular weight is 212 g/mol. The molecule has 0 saturated carbocycles. The summed E-state index contributed by atoms with van der Waals surface area (Å²) in [4.78, 5) is 14.8. The summed E-state index contributed by atoms with van der Waals surface area (Å²) < 4.78 is 0. The molecule has 1 saturated heterocycles. The van der Waals surface area contributed by atoms with Crippen molar-refractivity contribution in [2.75, 3.05) is 13.1 Å². The zero-order valence-corrected chi connectivity index (χ0v) is 8.51. The minimum absolute atomic E-state index is 0.0383. The van der Waals surface area contributed by atoms with E-state index in [1.807, 2.05) is 5.38 Å². The second-order valence-electron chi connectivity index (χ2n) is 3.44. The molecule has 0 amide bonds. The van der Waals surface area contributed by atoms with Crippen LogP contribution in [0.25, 0.3) is 0 Å². The molecule has 0 aromatic carbocycles. The number of rotatable bonds is 3. The monoisotopic (exact) mass is 212 g/mol. The van der Waals surface area contributed by atoms with Crippen LogP contribution in [0, 0.1) is 0 Å². The van der Waals surface area contributed by atoms with Crippen molar-refractivity contribution < 1.29 is 9.90 Å². The van der Waals surface area contributed by atoms with E-state index in [0.29, 0.717) is 11.6 Å². The minimum atomic E-state index is -0.814. The van der Waals surface area contributed by atoms with Gasteiger partial charge in [0.15, 0.2) is 0 Å². The summed E-state index contributed by atoms with van der Waals surface area (Å²) in [6.07, 6.45) is 1.15. The molecule has 1 aliphatic heterocycles. The zero-order valence-electron chi connectivity index (χ0n) is 7.69. The average Bonchev–Trinajstić information content (AvgIpc) is 2.69. The largest absolute Gasteiger partial charge is 0.481 e. The van der Waals surface area contributed by atoms with Crippen molar-refractivity contribution in [3.8, 4) is 0 Å². The van der Waals surface area contributed by atoms with Crippen LogP contribution in [0.1, 0.15) is 23.0 Å². The first kappa shape index (κ1) is 9.61. The Kier molecular flexibility index (Phi) is 2.79. The Labute approximate surface area is 86.0 Å². The van der Waals surface area contributed by atoms with E-state index in [9.17, 15) is 4.79 Å². The molecular formula is C9H12N2O2S. The predicted molar refractivity (Wildman–Crippen MR) is 53.7 cm³/mol. The quantitative estimate of drug-likeness (QED) is 0.779. The fraction of sp³-hybridized carbons (Fsp3) is 0.556. The fourth-order valence-corrected chi connectivity index (χ4v) is 2.57. The molecule has 1 unspecified atom stereocenters. The maximum absolute atomic E-state index is 10.5. The topological polar surface area (TPSA) is 62.2 Å². The highest BCUT2D eigenvalue weighted by Gasteiger charge is 2.19. The van der Waals surface area contributed by atoms with Crippen molar-refractivity contribution in [2.24, 2.45) is 0 Å². The van der Waals surface area contributed by atoms with Gasteiger partial charge >= 0.3 is 5.97 Å². The number of hydrogen-bond donors (Lipinski definition) is 2. The van der Waals surface area contributed by atoms with Crippen molar-refractivity contribution in [1.82, 2.24) is 10.3 Å². The van der Waals surface area contributed by atoms with Crippen molar-refractivity contribution in [2.45, 2.75) is 18.8 Å². The lowest BCUT2D eigenvalue weighted by molar-refractivity contribution is -0.136. The van der Waals surface area contributed by atoms with Crippen LogP contribution in [-0.4, -0.2) is 29.1 Å². The van der Waals surface area contributed by atoms with Gasteiger partial charge in [-0.15, -0.1) is 11.3 Å². The Balaban J connectivity index is 2.05. The van der Waals surface area contributed by atoms with E-state index in [0.717, 1.165) is 24.5 Å². The molecule has 1 fully saturated rings. The van der Waals surface area contributed by atoms with Crippen LogP contribution in [-0.2, 0) is 11.2 Å². The maximum atomic E-state index is 10.5. The van der Waals surface area contributed by atoms with Gasteiger partial charge in [0, 0.05) is 17.8 Å². The molecular weight excluding hydrogens is 200 g/mol. The molecule has 1 aromatic rings. The van der Waals surface area contributed by atoms with Gasteiger partial charge in [0.1, 0.15) is 0 Å². The Bertz CT molecular complexity index is 331. The molecule has 5 heteroatoms. The van der Waals surface area contributed by atoms with Crippen LogP contribution < -0.4 is 5.32 Å². The normalized spacial score (nSPS) is 21.3. The van der Waals surface area contributed by atoms with Crippen LogP contribution in [0.4, 0.5) is 0 Å². The number of nitrogens with zero attached hydrogens (tertiary/aromatic N) is 1. The Morgan fingerprint density at radius 1 is 1.79 bits per heavy atom. The predicted octanol–water partition coefficient (Wildman–Crippen LogP) is 0.847. The van der Waals surface area contributed by atoms with E-state index < -0.39 is 5.97 Å². The second kappa shape index (κ2) is 4.06. The first-order chi connectivity index (χ1) is 6.75. The van der Waals surface area contributed by atoms with E-state index in [1.54, 1.807) is 11.3 Å². The Morgan fingerprint density at radius 3 is 3.29 bits per heavy atom. The lowest BCUT2D eigenvalue weighted by Crippen LogP contribution is -2.08. The molecule has 0 bridgehead atoms. The second-order valence-corrected chi connectivity index (χ2v) is 4.33. The van der Waals surface area contributed by atoms with Crippen molar-refractivity contribution in [1.29, 1.82) is 0 Å². The number of carbonyl (C=O) groups is 1. The number of aromatic nitrogens is 1. The highest BCUT2D eigenvalue weighted by molar-refractivity contribution is 7.09. The van der Waals surface area contributed by atoms with Crippen molar-refractivity contribution in [3.63, 3.8) is 0 Å². The van der Waals surface area contributed by atoms with Crippen LogP contribution in [0.3, 0.4) is 0 Å². The lowest BCUT2D eigenvalue weighted by atomic mass is 10.1. The summed E-state index contributed by atoms with van der Waals surface area (Å²) in [5.74, 6) is -0.325. The highest BCUT2D eigenvalue weighted by atomic mass is 32.1. The summed E-state index contributed by atoms with van der Waals surface area (Å²) >= 11 is 1.57. The SMILES string of the molecule is O=C(O)Cc1csc(C2CCNC2)n1. The molecule has 76 valence electrons. The standard InChI is InChI=1S/C9H12N2O2S/c12-8(13)3-7-5-14-9(11-7)6-1-2-10-4-6/h5-6,10H,1-4H2,(H,12,13). The molecule has 1 atom stereocenters. The van der Waals surface area contributed by atoms with E-state index in [2.05, 4.69) is 10.3 Å². The van der Waals surface area contributed by atoms with Gasteiger partial charge in [-0.1, -0.05) is 0 Å². The van der Waals surface area contributed by atoms with Gasteiger partial charge in [-0.25, -0.2) is 4.98 Å². The van der Waals surface area contributed by atoms with Crippen LogP contribution in [0.15, 0.2) is 5.38 Å². The molecule has 0 radical (unpaired) electrons. The third-order valence-corrected chi connectivity index (χ3v) is 3.37. The van der Waals surface area contributed by atoms with Crippen LogP contribution >= 0.6 is 11.3 Å². The number of aliphatic carboxylic acids is 1. The van der Waals surface area contributed by atoms with Gasteiger partial charge in [0.2, 0.25) is 0 Å². The molecule has 2 N–H and O–H groups in total. The van der Waals surface area contributed by atoms with Crippen LogP contribution in [0.2, 0.25) is 0 Å². The minimum Gasteiger partial charge on any atom is -0.481 e. The van der Waals surface area contributed by atoms with E-state index in [-0.39, 0.29) is 6.42 Å². The van der Waals surface area contributed by atoms with E-state index >= 15 is 0 Å². The number of thiazole rings is 1. The van der Waals surface area contributed by atoms with Gasteiger partial charge in [-0.3, -0.25) is 4.79 Å². The molecule has 1 aliphatic rings. The lowest BCUT2D eigenvalue weighted by Gasteiger charge is -2.01. The third kappa shape index (κ3) is 2.10. The number of carboxylic acid groups (broad SMARTS) is 1. The highest BCUT2D eigenvalue weighted by Crippen LogP contribution is 2.25. The first-order valence-electron chi connectivity index (χ1n) is 4.62. The molecule has 14 heavy (non-hydrogen) atoms. The molecule has 0 spiro atoms. The maximum Gasteiger partial charge on any atom is 0.309 e. The Morgan fingerprint density at radius 2 is 2.64 bits per heavy atom. The molecule has 1 aromatic heterocycles. The zero-order chi connectivity index (χ0) is 9.97. The Hall–Kier alpha value is -0.940. The number of nitrogens with one attached hydrogen (secondary N) is 1.